The molecule has 2 atom stereocenters. The highest BCUT2D eigenvalue weighted by atomic mass is 32.2. The van der Waals surface area contributed by atoms with Crippen LogP contribution in [0.25, 0.3) is 0 Å². The van der Waals surface area contributed by atoms with Gasteiger partial charge in [-0.1, -0.05) is 36.9 Å². The Bertz CT molecular complexity index is 405. The Hall–Kier alpha value is -1.33. The van der Waals surface area contributed by atoms with Gasteiger partial charge in [0.1, 0.15) is 0 Å². The molecule has 1 N–H and O–H groups in total. The number of benzene rings is 1. The summed E-state index contributed by atoms with van der Waals surface area (Å²) in [6, 6.07) is 9.09. The molecule has 0 amide bonds. The fourth-order valence-electron chi connectivity index (χ4n) is 1.26. The van der Waals surface area contributed by atoms with Gasteiger partial charge in [-0.2, -0.15) is 0 Å². The van der Waals surface area contributed by atoms with Crippen molar-refractivity contribution in [3.8, 4) is 0 Å². The predicted octanol–water partition coefficient (Wildman–Crippen LogP) is 1.87. The number of aliphatic hydroxyl groups excluding tert-OH is 1. The lowest BCUT2D eigenvalue weighted by atomic mass is 10.1. The maximum atomic E-state index is 11.9. The Labute approximate surface area is 110 Å². The minimum Gasteiger partial charge on any atom is -0.464 e. The highest BCUT2D eigenvalue weighted by molar-refractivity contribution is 8.13. The minimum absolute atomic E-state index is 0.183. The molecule has 0 aromatic heterocycles. The van der Waals surface area contributed by atoms with Crippen LogP contribution in [0.3, 0.4) is 0 Å². The zero-order chi connectivity index (χ0) is 13.5. The molecular formula is C13H16O4S. The van der Waals surface area contributed by atoms with E-state index in [1.54, 1.807) is 19.1 Å². The molecule has 4 nitrogen and oxygen atoms in total. The summed E-state index contributed by atoms with van der Waals surface area (Å²) in [6.07, 6.45) is -1.41. The van der Waals surface area contributed by atoms with E-state index in [1.807, 2.05) is 18.2 Å². The van der Waals surface area contributed by atoms with Crippen LogP contribution in [0.2, 0.25) is 0 Å². The first-order valence-electron chi connectivity index (χ1n) is 5.67. The van der Waals surface area contributed by atoms with Gasteiger partial charge < -0.3 is 9.84 Å². The van der Waals surface area contributed by atoms with Crippen molar-refractivity contribution in [2.75, 3.05) is 6.61 Å². The quantitative estimate of drug-likeness (QED) is 0.652. The van der Waals surface area contributed by atoms with Crippen LogP contribution in [0, 0.1) is 5.92 Å². The zero-order valence-electron chi connectivity index (χ0n) is 10.3. The number of carbonyl (C=O) groups excluding carboxylic acids is 2. The first-order valence-corrected chi connectivity index (χ1v) is 6.49. The van der Waals surface area contributed by atoms with Crippen LogP contribution in [0.15, 0.2) is 35.2 Å². The van der Waals surface area contributed by atoms with Crippen LogP contribution >= 0.6 is 11.8 Å². The molecule has 0 bridgehead atoms. The van der Waals surface area contributed by atoms with Crippen molar-refractivity contribution in [2.45, 2.75) is 24.8 Å². The molecule has 0 saturated carbocycles. The SMILES string of the molecule is CCOC(=O)[C@@H](O)[C@H](C)C(=O)Sc1ccccc1. The summed E-state index contributed by atoms with van der Waals surface area (Å²) in [6.45, 7) is 3.35. The Morgan fingerprint density at radius 2 is 1.94 bits per heavy atom. The van der Waals surface area contributed by atoms with Crippen molar-refractivity contribution in [2.24, 2.45) is 5.92 Å². The van der Waals surface area contributed by atoms with Crippen LogP contribution in [0.5, 0.6) is 0 Å². The Kier molecular flexibility index (Phi) is 5.88. The summed E-state index contributed by atoms with van der Waals surface area (Å²) in [5.74, 6) is -1.55. The number of hydrogen-bond donors (Lipinski definition) is 1. The predicted molar refractivity (Wildman–Crippen MR) is 69.1 cm³/mol. The Morgan fingerprint density at radius 3 is 2.50 bits per heavy atom. The molecule has 0 unspecified atom stereocenters. The van der Waals surface area contributed by atoms with Crippen LogP contribution in [0.4, 0.5) is 0 Å². The van der Waals surface area contributed by atoms with E-state index in [-0.39, 0.29) is 11.7 Å². The lowest BCUT2D eigenvalue weighted by Gasteiger charge is -2.15. The molecule has 0 saturated heterocycles. The van der Waals surface area contributed by atoms with Gasteiger partial charge in [0.15, 0.2) is 11.2 Å². The van der Waals surface area contributed by atoms with Gasteiger partial charge >= 0.3 is 5.97 Å². The molecule has 0 heterocycles. The van der Waals surface area contributed by atoms with E-state index in [1.165, 1.54) is 6.92 Å². The lowest BCUT2D eigenvalue weighted by Crippen LogP contribution is -2.33. The third-order valence-corrected chi connectivity index (χ3v) is 3.42. The summed E-state index contributed by atoms with van der Waals surface area (Å²) in [4.78, 5) is 23.9. The molecule has 0 radical (unpaired) electrons. The van der Waals surface area contributed by atoms with Crippen molar-refractivity contribution < 1.29 is 19.4 Å². The molecule has 0 aliphatic carbocycles. The standard InChI is InChI=1S/C13H16O4S/c1-3-17-12(15)11(14)9(2)13(16)18-10-7-5-4-6-8-10/h4-9,11,14H,3H2,1-2H3/t9-,11-/m0/s1. The highest BCUT2D eigenvalue weighted by Gasteiger charge is 2.29. The van der Waals surface area contributed by atoms with E-state index in [0.29, 0.717) is 0 Å². The molecule has 98 valence electrons. The minimum atomic E-state index is -1.41. The lowest BCUT2D eigenvalue weighted by molar-refractivity contribution is -0.157. The van der Waals surface area contributed by atoms with Crippen LogP contribution < -0.4 is 0 Å². The monoisotopic (exact) mass is 268 g/mol. The van der Waals surface area contributed by atoms with Crippen molar-refractivity contribution in [3.63, 3.8) is 0 Å². The molecule has 0 spiro atoms. The van der Waals surface area contributed by atoms with Crippen LogP contribution in [-0.2, 0) is 14.3 Å². The molecule has 0 aliphatic heterocycles. The molecule has 0 fully saturated rings. The summed E-state index contributed by atoms with van der Waals surface area (Å²) in [5, 5.41) is 9.39. The maximum absolute atomic E-state index is 11.9. The van der Waals surface area contributed by atoms with Gasteiger partial charge in [0.2, 0.25) is 0 Å². The average molecular weight is 268 g/mol. The summed E-state index contributed by atoms with van der Waals surface area (Å²) < 4.78 is 4.67. The van der Waals surface area contributed by atoms with Crippen molar-refractivity contribution in [1.82, 2.24) is 0 Å². The summed E-state index contributed by atoms with van der Waals surface area (Å²) in [5.41, 5.74) is 0. The number of hydrogen-bond acceptors (Lipinski definition) is 5. The van der Waals surface area contributed by atoms with E-state index in [2.05, 4.69) is 4.74 Å². The summed E-state index contributed by atoms with van der Waals surface area (Å²) >= 11 is 1.01. The third kappa shape index (κ3) is 4.16. The molecule has 0 aliphatic rings. The largest absolute Gasteiger partial charge is 0.464 e. The molecule has 18 heavy (non-hydrogen) atoms. The maximum Gasteiger partial charge on any atom is 0.335 e. The van der Waals surface area contributed by atoms with Gasteiger partial charge in [0.05, 0.1) is 12.5 Å². The van der Waals surface area contributed by atoms with Crippen molar-refractivity contribution in [3.05, 3.63) is 30.3 Å². The Morgan fingerprint density at radius 1 is 1.33 bits per heavy atom. The Balaban J connectivity index is 2.58. The van der Waals surface area contributed by atoms with Gasteiger partial charge in [-0.25, -0.2) is 4.79 Å². The average Bonchev–Trinajstić information content (AvgIpc) is 2.38. The third-order valence-electron chi connectivity index (χ3n) is 2.34. The fourth-order valence-corrected chi connectivity index (χ4v) is 2.10. The van der Waals surface area contributed by atoms with Crippen molar-refractivity contribution >= 4 is 22.8 Å². The van der Waals surface area contributed by atoms with E-state index in [9.17, 15) is 14.7 Å². The normalized spacial score (nSPS) is 13.7. The number of carbonyl (C=O) groups is 2. The van der Waals surface area contributed by atoms with Crippen molar-refractivity contribution in [1.29, 1.82) is 0 Å². The molecular weight excluding hydrogens is 252 g/mol. The van der Waals surface area contributed by atoms with Gasteiger partial charge in [0, 0.05) is 4.90 Å². The van der Waals surface area contributed by atoms with Gasteiger partial charge in [-0.15, -0.1) is 0 Å². The van der Waals surface area contributed by atoms with Crippen LogP contribution in [0.1, 0.15) is 13.8 Å². The molecule has 1 rings (SSSR count). The van der Waals surface area contributed by atoms with E-state index in [4.69, 9.17) is 0 Å². The summed E-state index contributed by atoms with van der Waals surface area (Å²) in [7, 11) is 0. The topological polar surface area (TPSA) is 63.6 Å². The molecule has 5 heteroatoms. The fraction of sp³-hybridized carbons (Fsp3) is 0.385. The van der Waals surface area contributed by atoms with Gasteiger partial charge in [-0.3, -0.25) is 4.79 Å². The number of thioether (sulfide) groups is 1. The molecule has 1 aromatic carbocycles. The molecule has 1 aromatic rings. The smallest absolute Gasteiger partial charge is 0.335 e. The number of rotatable bonds is 5. The highest BCUT2D eigenvalue weighted by Crippen LogP contribution is 2.23. The second-order valence-corrected chi connectivity index (χ2v) is 4.80. The van der Waals surface area contributed by atoms with E-state index in [0.717, 1.165) is 16.7 Å². The second-order valence-electron chi connectivity index (χ2n) is 3.72. The zero-order valence-corrected chi connectivity index (χ0v) is 11.1. The number of esters is 1. The van der Waals surface area contributed by atoms with Gasteiger partial charge in [-0.05, 0) is 19.1 Å². The van der Waals surface area contributed by atoms with Gasteiger partial charge in [0.25, 0.3) is 0 Å². The number of aliphatic hydroxyl groups is 1. The first-order chi connectivity index (χ1) is 8.56. The van der Waals surface area contributed by atoms with E-state index < -0.39 is 18.0 Å². The van der Waals surface area contributed by atoms with E-state index >= 15 is 0 Å². The number of ether oxygens (including phenoxy) is 1. The second kappa shape index (κ2) is 7.18. The first kappa shape index (κ1) is 14.7. The van der Waals surface area contributed by atoms with Crippen LogP contribution in [-0.4, -0.2) is 28.9 Å².